The van der Waals surface area contributed by atoms with Gasteiger partial charge < -0.3 is 4.57 Å². The van der Waals surface area contributed by atoms with Gasteiger partial charge in [-0.1, -0.05) is 12.1 Å². The van der Waals surface area contributed by atoms with Crippen molar-refractivity contribution in [3.05, 3.63) is 62.7 Å². The number of sulfonamides is 1. The molecule has 0 aliphatic heterocycles. The van der Waals surface area contributed by atoms with Crippen molar-refractivity contribution >= 4 is 10.0 Å². The first-order valence-corrected chi connectivity index (χ1v) is 8.06. The minimum Gasteiger partial charge on any atom is -0.302 e. The molecule has 0 bridgehead atoms. The molecule has 124 valence electrons. The molecule has 1 aromatic carbocycles. The maximum atomic E-state index is 13.2. The molecule has 0 atom stereocenters. The van der Waals surface area contributed by atoms with Crippen LogP contribution in [-0.2, 0) is 30.7 Å². The monoisotopic (exact) mass is 341 g/mol. The van der Waals surface area contributed by atoms with Crippen molar-refractivity contribution in [3.63, 3.8) is 0 Å². The molecule has 0 saturated carbocycles. The van der Waals surface area contributed by atoms with Crippen LogP contribution in [0.1, 0.15) is 5.56 Å². The van der Waals surface area contributed by atoms with Crippen molar-refractivity contribution in [2.24, 2.45) is 14.1 Å². The van der Waals surface area contributed by atoms with E-state index >= 15 is 0 Å². The molecular weight excluding hydrogens is 325 g/mol. The molecule has 1 aromatic heterocycles. The second kappa shape index (κ2) is 6.09. The van der Waals surface area contributed by atoms with Crippen LogP contribution in [0.15, 0.2) is 44.9 Å². The SMILES string of the molecule is CN(Cc1cccc(F)c1)S(=O)(=O)c1cn(C)c(=O)n(C)c1=O. The summed E-state index contributed by atoms with van der Waals surface area (Å²) in [5.41, 5.74) is -1.08. The fraction of sp³-hybridized carbons (Fsp3) is 0.286. The Morgan fingerprint density at radius 1 is 1.22 bits per heavy atom. The van der Waals surface area contributed by atoms with Crippen LogP contribution in [0.4, 0.5) is 4.39 Å². The number of benzene rings is 1. The zero-order valence-corrected chi connectivity index (χ0v) is 13.7. The van der Waals surface area contributed by atoms with Crippen molar-refractivity contribution in [1.82, 2.24) is 13.4 Å². The fourth-order valence-corrected chi connectivity index (χ4v) is 3.40. The Labute approximate surface area is 132 Å². The third kappa shape index (κ3) is 3.25. The van der Waals surface area contributed by atoms with E-state index in [0.29, 0.717) is 5.56 Å². The molecule has 0 spiro atoms. The van der Waals surface area contributed by atoms with Gasteiger partial charge in [0, 0.05) is 33.9 Å². The molecule has 0 unspecified atom stereocenters. The van der Waals surface area contributed by atoms with Gasteiger partial charge in [-0.3, -0.25) is 9.36 Å². The third-order valence-corrected chi connectivity index (χ3v) is 5.18. The second-order valence-corrected chi connectivity index (χ2v) is 7.16. The number of hydrogen-bond acceptors (Lipinski definition) is 4. The Bertz CT molecular complexity index is 963. The summed E-state index contributed by atoms with van der Waals surface area (Å²) in [6.45, 7) is -0.105. The fourth-order valence-electron chi connectivity index (χ4n) is 2.10. The van der Waals surface area contributed by atoms with Crippen LogP contribution in [0.5, 0.6) is 0 Å². The van der Waals surface area contributed by atoms with Crippen LogP contribution < -0.4 is 11.2 Å². The summed E-state index contributed by atoms with van der Waals surface area (Å²) in [4.78, 5) is 23.2. The number of hydrogen-bond donors (Lipinski definition) is 0. The van der Waals surface area contributed by atoms with Crippen LogP contribution in [0.3, 0.4) is 0 Å². The second-order valence-electron chi connectivity index (χ2n) is 5.14. The molecule has 0 aliphatic carbocycles. The smallest absolute Gasteiger partial charge is 0.302 e. The number of aromatic nitrogens is 2. The molecule has 1 heterocycles. The molecular formula is C14H16FN3O4S. The van der Waals surface area contributed by atoms with E-state index in [-0.39, 0.29) is 6.54 Å². The minimum atomic E-state index is -4.12. The number of halogens is 1. The van der Waals surface area contributed by atoms with Crippen LogP contribution in [0, 0.1) is 5.82 Å². The van der Waals surface area contributed by atoms with E-state index in [1.807, 2.05) is 0 Å². The maximum Gasteiger partial charge on any atom is 0.330 e. The van der Waals surface area contributed by atoms with Crippen molar-refractivity contribution < 1.29 is 12.8 Å². The lowest BCUT2D eigenvalue weighted by Gasteiger charge is -2.17. The molecule has 0 radical (unpaired) electrons. The van der Waals surface area contributed by atoms with Gasteiger partial charge in [-0.05, 0) is 17.7 Å². The van der Waals surface area contributed by atoms with Gasteiger partial charge in [0.2, 0.25) is 10.0 Å². The van der Waals surface area contributed by atoms with Gasteiger partial charge in [0.1, 0.15) is 5.82 Å². The first-order chi connectivity index (χ1) is 10.6. The highest BCUT2D eigenvalue weighted by Gasteiger charge is 2.26. The molecule has 0 fully saturated rings. The van der Waals surface area contributed by atoms with Crippen molar-refractivity contribution in [2.75, 3.05) is 7.05 Å². The van der Waals surface area contributed by atoms with Crippen LogP contribution in [-0.4, -0.2) is 28.9 Å². The number of nitrogens with zero attached hydrogens (tertiary/aromatic N) is 3. The summed E-state index contributed by atoms with van der Waals surface area (Å²) >= 11 is 0. The third-order valence-electron chi connectivity index (χ3n) is 3.40. The van der Waals surface area contributed by atoms with E-state index in [1.54, 1.807) is 6.07 Å². The van der Waals surface area contributed by atoms with Crippen LogP contribution >= 0.6 is 0 Å². The number of aryl methyl sites for hydroxylation is 1. The summed E-state index contributed by atoms with van der Waals surface area (Å²) in [7, 11) is -0.283. The lowest BCUT2D eigenvalue weighted by molar-refractivity contribution is 0.461. The van der Waals surface area contributed by atoms with E-state index < -0.39 is 32.0 Å². The highest BCUT2D eigenvalue weighted by Crippen LogP contribution is 2.13. The Hall–Kier alpha value is -2.26. The molecule has 0 N–H and O–H groups in total. The molecule has 2 aromatic rings. The predicted octanol–water partition coefficient (Wildman–Crippen LogP) is 0.0438. The molecule has 0 saturated heterocycles. The summed E-state index contributed by atoms with van der Waals surface area (Å²) in [5, 5.41) is 0. The Balaban J connectivity index is 2.46. The average molecular weight is 341 g/mol. The first-order valence-electron chi connectivity index (χ1n) is 6.62. The van der Waals surface area contributed by atoms with Gasteiger partial charge in [-0.2, -0.15) is 4.31 Å². The number of rotatable bonds is 4. The molecule has 2 rings (SSSR count). The maximum absolute atomic E-state index is 13.2. The van der Waals surface area contributed by atoms with E-state index in [2.05, 4.69) is 0 Å². The van der Waals surface area contributed by atoms with Crippen molar-refractivity contribution in [3.8, 4) is 0 Å². The summed E-state index contributed by atoms with van der Waals surface area (Å²) in [6, 6.07) is 5.51. The van der Waals surface area contributed by atoms with Gasteiger partial charge in [0.15, 0.2) is 4.90 Å². The van der Waals surface area contributed by atoms with E-state index in [1.165, 1.54) is 39.3 Å². The predicted molar refractivity (Wildman–Crippen MR) is 82.0 cm³/mol. The van der Waals surface area contributed by atoms with Gasteiger partial charge >= 0.3 is 5.69 Å². The van der Waals surface area contributed by atoms with E-state index in [9.17, 15) is 22.4 Å². The topological polar surface area (TPSA) is 81.4 Å². The van der Waals surface area contributed by atoms with E-state index in [4.69, 9.17) is 0 Å². The van der Waals surface area contributed by atoms with Crippen molar-refractivity contribution in [1.29, 1.82) is 0 Å². The zero-order valence-electron chi connectivity index (χ0n) is 12.9. The van der Waals surface area contributed by atoms with Crippen molar-refractivity contribution in [2.45, 2.75) is 11.4 Å². The largest absolute Gasteiger partial charge is 0.330 e. The first kappa shape index (κ1) is 17.1. The Morgan fingerprint density at radius 2 is 1.87 bits per heavy atom. The molecule has 0 aliphatic rings. The molecule has 9 heteroatoms. The summed E-state index contributed by atoms with van der Waals surface area (Å²) in [5.74, 6) is -0.480. The lowest BCUT2D eigenvalue weighted by atomic mass is 10.2. The van der Waals surface area contributed by atoms with Crippen LogP contribution in [0.2, 0.25) is 0 Å². The van der Waals surface area contributed by atoms with Gasteiger partial charge in [-0.15, -0.1) is 0 Å². The quantitative estimate of drug-likeness (QED) is 0.787. The standard InChI is InChI=1S/C14H16FN3O4S/c1-16-9-12(13(19)18(3)14(16)20)23(21,22)17(2)8-10-5-4-6-11(15)7-10/h4-7,9H,8H2,1-3H3. The van der Waals surface area contributed by atoms with Gasteiger partial charge in [0.25, 0.3) is 5.56 Å². The highest BCUT2D eigenvalue weighted by atomic mass is 32.2. The molecule has 0 amide bonds. The summed E-state index contributed by atoms with van der Waals surface area (Å²) in [6.07, 6.45) is 0.988. The normalized spacial score (nSPS) is 11.9. The van der Waals surface area contributed by atoms with Crippen LogP contribution in [0.25, 0.3) is 0 Å². The van der Waals surface area contributed by atoms with E-state index in [0.717, 1.165) is 19.6 Å². The molecule has 7 nitrogen and oxygen atoms in total. The Kier molecular flexibility index (Phi) is 4.53. The average Bonchev–Trinajstić information content (AvgIpc) is 2.48. The minimum absolute atomic E-state index is 0.105. The van der Waals surface area contributed by atoms with Gasteiger partial charge in [-0.25, -0.2) is 17.6 Å². The van der Waals surface area contributed by atoms with Gasteiger partial charge in [0.05, 0.1) is 0 Å². The Morgan fingerprint density at radius 3 is 2.48 bits per heavy atom. The lowest BCUT2D eigenvalue weighted by Crippen LogP contribution is -2.41. The summed E-state index contributed by atoms with van der Waals surface area (Å²) < 4.78 is 41.0. The zero-order chi connectivity index (χ0) is 17.4. The molecule has 23 heavy (non-hydrogen) atoms. The highest BCUT2D eigenvalue weighted by molar-refractivity contribution is 7.89.